The highest BCUT2D eigenvalue weighted by Crippen LogP contribution is 2.45. The van der Waals surface area contributed by atoms with Gasteiger partial charge in [-0.3, -0.25) is 0 Å². The van der Waals surface area contributed by atoms with Crippen LogP contribution >= 0.6 is 0 Å². The van der Waals surface area contributed by atoms with Crippen molar-refractivity contribution in [1.82, 2.24) is 0 Å². The molecule has 0 heterocycles. The summed E-state index contributed by atoms with van der Waals surface area (Å²) in [5.41, 5.74) is 6.44. The van der Waals surface area contributed by atoms with Gasteiger partial charge in [-0.1, -0.05) is 31.4 Å². The predicted octanol–water partition coefficient (Wildman–Crippen LogP) is 2.77. The molecule has 0 radical (unpaired) electrons. The van der Waals surface area contributed by atoms with E-state index in [9.17, 15) is 9.50 Å². The van der Waals surface area contributed by atoms with Crippen molar-refractivity contribution >= 4 is 0 Å². The van der Waals surface area contributed by atoms with Crippen LogP contribution in [-0.2, 0) is 0 Å². The largest absolute Gasteiger partial charge is 0.388 e. The van der Waals surface area contributed by atoms with Gasteiger partial charge in [-0.25, -0.2) is 4.39 Å². The number of rotatable bonds is 3. The van der Waals surface area contributed by atoms with Gasteiger partial charge in [0.15, 0.2) is 0 Å². The van der Waals surface area contributed by atoms with Crippen LogP contribution in [0.25, 0.3) is 0 Å². The summed E-state index contributed by atoms with van der Waals surface area (Å²) in [4.78, 5) is 0. The van der Waals surface area contributed by atoms with Crippen LogP contribution in [0.15, 0.2) is 24.3 Å². The molecule has 1 atom stereocenters. The lowest BCUT2D eigenvalue weighted by atomic mass is 9.68. The summed E-state index contributed by atoms with van der Waals surface area (Å²) in [6.07, 6.45) is 4.81. The standard InChI is InChI=1S/C14H20FNO/c15-12-6-4-11(5-7-12)13(17)14(10-16)8-2-1-3-9-14/h4-7,13,17H,1-3,8-10,16H2. The summed E-state index contributed by atoms with van der Waals surface area (Å²) >= 11 is 0. The maximum absolute atomic E-state index is 12.9. The molecule has 0 amide bonds. The second-order valence-electron chi connectivity index (χ2n) is 5.08. The number of hydrogen-bond acceptors (Lipinski definition) is 2. The topological polar surface area (TPSA) is 46.2 Å². The molecule has 1 aliphatic carbocycles. The Kier molecular flexibility index (Phi) is 3.79. The van der Waals surface area contributed by atoms with Crippen LogP contribution in [-0.4, -0.2) is 11.7 Å². The van der Waals surface area contributed by atoms with Crippen LogP contribution in [0.3, 0.4) is 0 Å². The lowest BCUT2D eigenvalue weighted by Crippen LogP contribution is -2.38. The SMILES string of the molecule is NCC1(C(O)c2ccc(F)cc2)CCCCC1. The Bertz CT molecular complexity index is 357. The second-order valence-corrected chi connectivity index (χ2v) is 5.08. The minimum absolute atomic E-state index is 0.212. The van der Waals surface area contributed by atoms with E-state index in [1.54, 1.807) is 12.1 Å². The first-order valence-electron chi connectivity index (χ1n) is 6.31. The predicted molar refractivity (Wildman–Crippen MR) is 65.9 cm³/mol. The first-order chi connectivity index (χ1) is 8.18. The average molecular weight is 237 g/mol. The smallest absolute Gasteiger partial charge is 0.123 e. The molecule has 3 N–H and O–H groups in total. The van der Waals surface area contributed by atoms with Gasteiger partial charge in [0.1, 0.15) is 5.82 Å². The minimum Gasteiger partial charge on any atom is -0.388 e. The molecule has 2 rings (SSSR count). The van der Waals surface area contributed by atoms with Gasteiger partial charge in [-0.2, -0.15) is 0 Å². The number of nitrogens with two attached hydrogens (primary N) is 1. The van der Waals surface area contributed by atoms with E-state index in [1.165, 1.54) is 18.6 Å². The molecule has 0 aliphatic heterocycles. The Labute approximate surface area is 102 Å². The van der Waals surface area contributed by atoms with Crippen molar-refractivity contribution in [3.05, 3.63) is 35.6 Å². The van der Waals surface area contributed by atoms with Gasteiger partial charge in [0.2, 0.25) is 0 Å². The van der Waals surface area contributed by atoms with Crippen LogP contribution < -0.4 is 5.73 Å². The van der Waals surface area contributed by atoms with Crippen LogP contribution in [0.4, 0.5) is 4.39 Å². The molecule has 0 aromatic heterocycles. The van der Waals surface area contributed by atoms with Crippen molar-refractivity contribution in [3.8, 4) is 0 Å². The van der Waals surface area contributed by atoms with Crippen LogP contribution in [0.5, 0.6) is 0 Å². The van der Waals surface area contributed by atoms with E-state index in [0.717, 1.165) is 31.2 Å². The molecule has 0 saturated heterocycles. The maximum atomic E-state index is 12.9. The molecule has 1 aromatic rings. The van der Waals surface area contributed by atoms with E-state index in [2.05, 4.69) is 0 Å². The van der Waals surface area contributed by atoms with Crippen molar-refractivity contribution in [2.24, 2.45) is 11.1 Å². The molecule has 0 spiro atoms. The molecule has 1 unspecified atom stereocenters. The molecule has 1 fully saturated rings. The number of aliphatic hydroxyl groups excluding tert-OH is 1. The van der Waals surface area contributed by atoms with Gasteiger partial charge in [0.25, 0.3) is 0 Å². The summed E-state index contributed by atoms with van der Waals surface area (Å²) in [7, 11) is 0. The molecule has 94 valence electrons. The van der Waals surface area contributed by atoms with E-state index < -0.39 is 6.10 Å². The normalized spacial score (nSPS) is 21.1. The lowest BCUT2D eigenvalue weighted by molar-refractivity contribution is 0.000661. The van der Waals surface area contributed by atoms with Crippen molar-refractivity contribution in [1.29, 1.82) is 0 Å². The number of aliphatic hydroxyl groups is 1. The molecular formula is C14H20FNO. The van der Waals surface area contributed by atoms with E-state index in [4.69, 9.17) is 5.73 Å². The highest BCUT2D eigenvalue weighted by molar-refractivity contribution is 5.21. The number of benzene rings is 1. The summed E-state index contributed by atoms with van der Waals surface area (Å²) in [6.45, 7) is 0.492. The third-order valence-corrected chi connectivity index (χ3v) is 4.02. The average Bonchev–Trinajstić information content (AvgIpc) is 2.39. The summed E-state index contributed by atoms with van der Waals surface area (Å²) in [6, 6.07) is 6.11. The molecule has 1 saturated carbocycles. The highest BCUT2D eigenvalue weighted by Gasteiger charge is 2.38. The van der Waals surface area contributed by atoms with Crippen molar-refractivity contribution in [2.45, 2.75) is 38.2 Å². The fourth-order valence-electron chi connectivity index (χ4n) is 2.84. The molecule has 17 heavy (non-hydrogen) atoms. The van der Waals surface area contributed by atoms with Crippen LogP contribution in [0.1, 0.15) is 43.8 Å². The fraction of sp³-hybridized carbons (Fsp3) is 0.571. The highest BCUT2D eigenvalue weighted by atomic mass is 19.1. The Balaban J connectivity index is 2.21. The van der Waals surface area contributed by atoms with Crippen molar-refractivity contribution in [3.63, 3.8) is 0 Å². The molecule has 3 heteroatoms. The zero-order chi connectivity index (χ0) is 12.3. The number of hydrogen-bond donors (Lipinski definition) is 2. The van der Waals surface area contributed by atoms with Crippen LogP contribution in [0, 0.1) is 11.2 Å². The third-order valence-electron chi connectivity index (χ3n) is 4.02. The minimum atomic E-state index is -0.576. The third kappa shape index (κ3) is 2.50. The molecule has 0 bridgehead atoms. The Hall–Kier alpha value is -0.930. The Morgan fingerprint density at radius 3 is 2.29 bits per heavy atom. The molecule has 2 nitrogen and oxygen atoms in total. The second kappa shape index (κ2) is 5.15. The van der Waals surface area contributed by atoms with E-state index in [-0.39, 0.29) is 11.2 Å². The fourth-order valence-corrected chi connectivity index (χ4v) is 2.84. The molecular weight excluding hydrogens is 217 g/mol. The van der Waals surface area contributed by atoms with E-state index in [1.807, 2.05) is 0 Å². The van der Waals surface area contributed by atoms with Gasteiger partial charge in [0, 0.05) is 12.0 Å². The zero-order valence-corrected chi connectivity index (χ0v) is 10.0. The molecule has 1 aromatic carbocycles. The quantitative estimate of drug-likeness (QED) is 0.849. The van der Waals surface area contributed by atoms with E-state index >= 15 is 0 Å². The molecule has 1 aliphatic rings. The summed E-state index contributed by atoms with van der Waals surface area (Å²) in [5, 5.41) is 10.5. The van der Waals surface area contributed by atoms with Gasteiger partial charge in [-0.15, -0.1) is 0 Å². The lowest BCUT2D eigenvalue weighted by Gasteiger charge is -2.40. The van der Waals surface area contributed by atoms with Crippen LogP contribution in [0.2, 0.25) is 0 Å². The Morgan fingerprint density at radius 2 is 1.76 bits per heavy atom. The van der Waals surface area contributed by atoms with Gasteiger partial charge < -0.3 is 10.8 Å². The first kappa shape index (κ1) is 12.5. The van der Waals surface area contributed by atoms with Gasteiger partial charge in [-0.05, 0) is 30.5 Å². The first-order valence-corrected chi connectivity index (χ1v) is 6.31. The van der Waals surface area contributed by atoms with Gasteiger partial charge >= 0.3 is 0 Å². The van der Waals surface area contributed by atoms with Crippen molar-refractivity contribution in [2.75, 3.05) is 6.54 Å². The summed E-state index contributed by atoms with van der Waals surface area (Å²) in [5.74, 6) is -0.272. The van der Waals surface area contributed by atoms with E-state index in [0.29, 0.717) is 6.54 Å². The number of halogens is 1. The maximum Gasteiger partial charge on any atom is 0.123 e. The zero-order valence-electron chi connectivity index (χ0n) is 10.0. The monoisotopic (exact) mass is 237 g/mol. The Morgan fingerprint density at radius 1 is 1.18 bits per heavy atom. The van der Waals surface area contributed by atoms with Crippen molar-refractivity contribution < 1.29 is 9.50 Å². The van der Waals surface area contributed by atoms with Gasteiger partial charge in [0.05, 0.1) is 6.10 Å². The summed E-state index contributed by atoms with van der Waals surface area (Å²) < 4.78 is 12.9.